The van der Waals surface area contributed by atoms with Crippen molar-refractivity contribution in [1.29, 1.82) is 0 Å². The lowest BCUT2D eigenvalue weighted by Crippen LogP contribution is -2.18. The van der Waals surface area contributed by atoms with Gasteiger partial charge in [0.05, 0.1) is 6.04 Å². The van der Waals surface area contributed by atoms with Crippen molar-refractivity contribution >= 4 is 22.4 Å². The van der Waals surface area contributed by atoms with Crippen LogP contribution in [0, 0.1) is 0 Å². The van der Waals surface area contributed by atoms with Gasteiger partial charge in [-0.15, -0.1) is 0 Å². The van der Waals surface area contributed by atoms with Gasteiger partial charge in [-0.2, -0.15) is 0 Å². The van der Waals surface area contributed by atoms with Crippen LogP contribution in [-0.2, 0) is 11.3 Å². The van der Waals surface area contributed by atoms with Crippen LogP contribution in [0.2, 0.25) is 0 Å². The summed E-state index contributed by atoms with van der Waals surface area (Å²) < 4.78 is 0. The fraction of sp³-hybridized carbons (Fsp3) is 0.190. The fourth-order valence-corrected chi connectivity index (χ4v) is 3.81. The van der Waals surface area contributed by atoms with Crippen molar-refractivity contribution in [3.63, 3.8) is 0 Å². The van der Waals surface area contributed by atoms with Crippen LogP contribution in [0.15, 0.2) is 60.7 Å². The Hall–Kier alpha value is -2.65. The van der Waals surface area contributed by atoms with Gasteiger partial charge < -0.3 is 5.32 Å². The number of carbonyl (C=O) groups is 1. The third-order valence-corrected chi connectivity index (χ3v) is 4.77. The Morgan fingerprint density at radius 3 is 2.46 bits per heavy atom. The van der Waals surface area contributed by atoms with Gasteiger partial charge in [0.15, 0.2) is 0 Å². The number of nitrogens with one attached hydrogen (secondary N) is 1. The summed E-state index contributed by atoms with van der Waals surface area (Å²) in [5.41, 5.74) is 4.92. The Morgan fingerprint density at radius 1 is 0.958 bits per heavy atom. The largest absolute Gasteiger partial charge is 0.326 e. The van der Waals surface area contributed by atoms with Crippen molar-refractivity contribution in [3.05, 3.63) is 77.4 Å². The van der Waals surface area contributed by atoms with Crippen LogP contribution >= 0.6 is 0 Å². The second kappa shape index (κ2) is 5.77. The van der Waals surface area contributed by atoms with Crippen LogP contribution in [0.25, 0.3) is 10.8 Å². The Bertz CT molecular complexity index is 932. The molecule has 1 aliphatic rings. The van der Waals surface area contributed by atoms with Crippen LogP contribution < -0.4 is 5.32 Å². The van der Waals surface area contributed by atoms with Crippen LogP contribution in [0.4, 0.5) is 5.69 Å². The highest BCUT2D eigenvalue weighted by Gasteiger charge is 2.29. The molecule has 0 saturated heterocycles. The summed E-state index contributed by atoms with van der Waals surface area (Å²) in [6, 6.07) is 21.4. The molecule has 0 fully saturated rings. The summed E-state index contributed by atoms with van der Waals surface area (Å²) in [4.78, 5) is 13.9. The summed E-state index contributed by atoms with van der Waals surface area (Å²) in [7, 11) is 2.17. The predicted octanol–water partition coefficient (Wildman–Crippen LogP) is 4.33. The number of hydrogen-bond acceptors (Lipinski definition) is 2. The summed E-state index contributed by atoms with van der Waals surface area (Å²) in [5.74, 6) is -0.0452. The molecule has 0 spiro atoms. The zero-order valence-corrected chi connectivity index (χ0v) is 13.9. The van der Waals surface area contributed by atoms with E-state index < -0.39 is 0 Å². The second-order valence-electron chi connectivity index (χ2n) is 6.45. The first kappa shape index (κ1) is 14.9. The van der Waals surface area contributed by atoms with E-state index in [0.29, 0.717) is 0 Å². The standard InChI is InChI=1S/C21H20N2O/c1-14(24)22-20-12-11-19(17-9-5-6-10-18(17)20)21-16-8-4-3-7-15(16)13-23(21)2/h3-12,21H,13H2,1-2H3,(H,22,24). The third-order valence-electron chi connectivity index (χ3n) is 4.77. The average molecular weight is 316 g/mol. The van der Waals surface area contributed by atoms with E-state index in [0.717, 1.165) is 17.6 Å². The number of hydrogen-bond donors (Lipinski definition) is 1. The Labute approximate surface area is 141 Å². The minimum Gasteiger partial charge on any atom is -0.326 e. The molecule has 1 heterocycles. The monoisotopic (exact) mass is 316 g/mol. The quantitative estimate of drug-likeness (QED) is 0.763. The van der Waals surface area contributed by atoms with E-state index in [1.165, 1.54) is 22.1 Å². The van der Waals surface area contributed by atoms with Crippen molar-refractivity contribution in [2.75, 3.05) is 12.4 Å². The van der Waals surface area contributed by atoms with Crippen molar-refractivity contribution in [2.24, 2.45) is 0 Å². The summed E-state index contributed by atoms with van der Waals surface area (Å²) in [6.45, 7) is 2.51. The van der Waals surface area contributed by atoms with Gasteiger partial charge >= 0.3 is 0 Å². The summed E-state index contributed by atoms with van der Waals surface area (Å²) in [5, 5.41) is 5.22. The van der Waals surface area contributed by atoms with E-state index >= 15 is 0 Å². The van der Waals surface area contributed by atoms with E-state index in [-0.39, 0.29) is 11.9 Å². The molecule has 4 rings (SSSR count). The van der Waals surface area contributed by atoms with E-state index in [1.807, 2.05) is 12.1 Å². The molecule has 1 atom stereocenters. The normalized spacial score (nSPS) is 17.0. The number of benzene rings is 3. The molecule has 120 valence electrons. The molecule has 24 heavy (non-hydrogen) atoms. The predicted molar refractivity (Wildman–Crippen MR) is 98.0 cm³/mol. The maximum atomic E-state index is 11.5. The molecule has 3 nitrogen and oxygen atoms in total. The third kappa shape index (κ3) is 2.38. The van der Waals surface area contributed by atoms with Gasteiger partial charge in [-0.3, -0.25) is 9.69 Å². The number of fused-ring (bicyclic) bond motifs is 2. The number of rotatable bonds is 2. The minimum atomic E-state index is -0.0452. The lowest BCUT2D eigenvalue weighted by atomic mass is 9.93. The second-order valence-corrected chi connectivity index (χ2v) is 6.45. The molecule has 1 unspecified atom stereocenters. The van der Waals surface area contributed by atoms with Gasteiger partial charge in [-0.25, -0.2) is 0 Å². The SMILES string of the molecule is CC(=O)Nc1ccc(C2c3ccccc3CN2C)c2ccccc12. The molecule has 3 aromatic carbocycles. The van der Waals surface area contributed by atoms with E-state index in [1.54, 1.807) is 6.92 Å². The van der Waals surface area contributed by atoms with Gasteiger partial charge in [0.25, 0.3) is 0 Å². The number of anilines is 1. The van der Waals surface area contributed by atoms with Crippen LogP contribution in [-0.4, -0.2) is 17.9 Å². The first-order chi connectivity index (χ1) is 11.6. The molecule has 0 saturated carbocycles. The van der Waals surface area contributed by atoms with Crippen LogP contribution in [0.5, 0.6) is 0 Å². The molecule has 1 aliphatic heterocycles. The van der Waals surface area contributed by atoms with Gasteiger partial charge in [0.1, 0.15) is 0 Å². The van der Waals surface area contributed by atoms with Gasteiger partial charge in [-0.1, -0.05) is 54.6 Å². The zero-order chi connectivity index (χ0) is 16.7. The molecule has 3 aromatic rings. The number of carbonyl (C=O) groups excluding carboxylic acids is 1. The van der Waals surface area contributed by atoms with Gasteiger partial charge in [0.2, 0.25) is 5.91 Å². The van der Waals surface area contributed by atoms with Crippen molar-refractivity contribution in [1.82, 2.24) is 4.90 Å². The molecule has 0 radical (unpaired) electrons. The molecule has 3 heteroatoms. The Morgan fingerprint density at radius 2 is 1.67 bits per heavy atom. The Balaban J connectivity index is 1.91. The first-order valence-electron chi connectivity index (χ1n) is 8.22. The summed E-state index contributed by atoms with van der Waals surface area (Å²) in [6.07, 6.45) is 0. The highest BCUT2D eigenvalue weighted by Crippen LogP contribution is 2.41. The lowest BCUT2D eigenvalue weighted by molar-refractivity contribution is -0.114. The van der Waals surface area contributed by atoms with Crippen molar-refractivity contribution in [2.45, 2.75) is 19.5 Å². The minimum absolute atomic E-state index is 0.0452. The summed E-state index contributed by atoms with van der Waals surface area (Å²) >= 11 is 0. The molecular weight excluding hydrogens is 296 g/mol. The maximum Gasteiger partial charge on any atom is 0.221 e. The lowest BCUT2D eigenvalue weighted by Gasteiger charge is -2.23. The fourth-order valence-electron chi connectivity index (χ4n) is 3.81. The molecule has 0 aliphatic carbocycles. The van der Waals surface area contributed by atoms with Gasteiger partial charge in [0, 0.05) is 24.5 Å². The van der Waals surface area contributed by atoms with Crippen molar-refractivity contribution < 1.29 is 4.79 Å². The van der Waals surface area contributed by atoms with E-state index in [9.17, 15) is 4.79 Å². The molecule has 1 amide bonds. The van der Waals surface area contributed by atoms with Crippen LogP contribution in [0.3, 0.4) is 0 Å². The maximum absolute atomic E-state index is 11.5. The van der Waals surface area contributed by atoms with E-state index in [2.05, 4.69) is 65.8 Å². The first-order valence-corrected chi connectivity index (χ1v) is 8.22. The van der Waals surface area contributed by atoms with Crippen LogP contribution in [0.1, 0.15) is 29.7 Å². The molecule has 0 bridgehead atoms. The topological polar surface area (TPSA) is 32.3 Å². The molecular formula is C21H20N2O. The number of nitrogens with zero attached hydrogens (tertiary/aromatic N) is 1. The van der Waals surface area contributed by atoms with E-state index in [4.69, 9.17) is 0 Å². The highest BCUT2D eigenvalue weighted by molar-refractivity contribution is 6.02. The highest BCUT2D eigenvalue weighted by atomic mass is 16.1. The molecule has 1 N–H and O–H groups in total. The Kier molecular flexibility index (Phi) is 3.58. The van der Waals surface area contributed by atoms with Crippen molar-refractivity contribution in [3.8, 4) is 0 Å². The molecule has 0 aromatic heterocycles. The smallest absolute Gasteiger partial charge is 0.221 e. The average Bonchev–Trinajstić information content (AvgIpc) is 2.91. The number of amides is 1. The van der Waals surface area contributed by atoms with Gasteiger partial charge in [-0.05, 0) is 35.2 Å². The zero-order valence-electron chi connectivity index (χ0n) is 13.9.